The molecule has 1 amide bonds. The van der Waals surface area contributed by atoms with Gasteiger partial charge in [-0.25, -0.2) is 21.5 Å². The number of sulfonamides is 1. The molecule has 7 heteroatoms. The maximum absolute atomic E-state index is 13.3. The fraction of sp³-hybridized carbons (Fsp3) is 0.526. The van der Waals surface area contributed by atoms with Crippen LogP contribution in [0.5, 0.6) is 0 Å². The number of rotatable bonds is 2. The fourth-order valence-electron chi connectivity index (χ4n) is 5.44. The summed E-state index contributed by atoms with van der Waals surface area (Å²) in [5, 5.41) is 0. The predicted octanol–water partition coefficient (Wildman–Crippen LogP) is 3.34. The van der Waals surface area contributed by atoms with Gasteiger partial charge >= 0.3 is 0 Å². The van der Waals surface area contributed by atoms with Crippen molar-refractivity contribution in [2.45, 2.75) is 39.2 Å². The van der Waals surface area contributed by atoms with E-state index < -0.39 is 27.6 Å². The second kappa shape index (κ2) is 5.38. The summed E-state index contributed by atoms with van der Waals surface area (Å²) < 4.78 is 52.9. The summed E-state index contributed by atoms with van der Waals surface area (Å²) in [4.78, 5) is 12.7. The number of hydrogen-bond donors (Lipinski definition) is 0. The smallest absolute Gasteiger partial charge is 0.260 e. The molecular formula is C19H21F2NO3S. The molecule has 3 aliphatic rings. The molecule has 1 aliphatic heterocycles. The predicted molar refractivity (Wildman–Crippen MR) is 93.4 cm³/mol. The molecule has 2 saturated carbocycles. The number of halogens is 2. The molecule has 0 N–H and O–H groups in total. The summed E-state index contributed by atoms with van der Waals surface area (Å²) in [6.07, 6.45) is 5.00. The molecule has 4 nitrogen and oxygen atoms in total. The maximum Gasteiger partial charge on any atom is 0.260 e. The monoisotopic (exact) mass is 381 g/mol. The molecule has 3 atom stereocenters. The topological polar surface area (TPSA) is 54.5 Å². The molecule has 140 valence electrons. The van der Waals surface area contributed by atoms with Gasteiger partial charge in [0.05, 0.1) is 11.8 Å². The van der Waals surface area contributed by atoms with Crippen LogP contribution in [0, 0.1) is 28.4 Å². The van der Waals surface area contributed by atoms with Gasteiger partial charge in [0, 0.05) is 11.5 Å². The Hall–Kier alpha value is -1.76. The average Bonchev–Trinajstić information content (AvgIpc) is 3.03. The lowest BCUT2D eigenvalue weighted by atomic mass is 9.69. The third-order valence-corrected chi connectivity index (χ3v) is 8.90. The minimum absolute atomic E-state index is 0.0128. The first-order valence-corrected chi connectivity index (χ1v) is 10.4. The zero-order valence-electron chi connectivity index (χ0n) is 14.7. The number of nitrogens with zero attached hydrogens (tertiary/aromatic N) is 1. The Labute approximate surface area is 151 Å². The quantitative estimate of drug-likeness (QED) is 0.739. The van der Waals surface area contributed by atoms with Gasteiger partial charge < -0.3 is 0 Å². The summed E-state index contributed by atoms with van der Waals surface area (Å²) in [5.41, 5.74) is -0.178. The third-order valence-electron chi connectivity index (χ3n) is 6.99. The normalized spacial score (nSPS) is 33.8. The second-order valence-corrected chi connectivity index (χ2v) is 10.1. The summed E-state index contributed by atoms with van der Waals surface area (Å²) in [6, 6.07) is 2.98. The molecule has 26 heavy (non-hydrogen) atoms. The molecule has 2 aliphatic carbocycles. The van der Waals surface area contributed by atoms with E-state index in [0.29, 0.717) is 17.9 Å². The molecule has 1 aromatic rings. The van der Waals surface area contributed by atoms with Crippen LogP contribution in [0.4, 0.5) is 8.78 Å². The molecule has 1 heterocycles. The van der Waals surface area contributed by atoms with E-state index in [9.17, 15) is 22.0 Å². The number of hydrogen-bond acceptors (Lipinski definition) is 3. The van der Waals surface area contributed by atoms with Crippen molar-refractivity contribution in [2.75, 3.05) is 5.75 Å². The first-order chi connectivity index (χ1) is 12.1. The average molecular weight is 381 g/mol. The second-order valence-electron chi connectivity index (χ2n) is 8.26. The number of carbonyl (C=O) groups is 1. The Kier molecular flexibility index (Phi) is 3.65. The van der Waals surface area contributed by atoms with Crippen LogP contribution in [0.15, 0.2) is 24.3 Å². The highest BCUT2D eigenvalue weighted by Crippen LogP contribution is 2.69. The molecular weight excluding hydrogens is 360 g/mol. The first kappa shape index (κ1) is 17.6. The van der Waals surface area contributed by atoms with Crippen molar-refractivity contribution >= 4 is 22.0 Å². The van der Waals surface area contributed by atoms with Crippen LogP contribution in [-0.4, -0.2) is 30.4 Å². The van der Waals surface area contributed by atoms with Crippen LogP contribution in [0.3, 0.4) is 0 Å². The molecule has 0 aromatic heterocycles. The van der Waals surface area contributed by atoms with E-state index in [-0.39, 0.29) is 22.6 Å². The van der Waals surface area contributed by atoms with Gasteiger partial charge in [0.1, 0.15) is 0 Å². The number of carbonyl (C=O) groups excluding carboxylic acids is 1. The van der Waals surface area contributed by atoms with Crippen LogP contribution >= 0.6 is 0 Å². The van der Waals surface area contributed by atoms with Gasteiger partial charge in [-0.2, -0.15) is 0 Å². The van der Waals surface area contributed by atoms with E-state index in [1.807, 2.05) is 0 Å². The summed E-state index contributed by atoms with van der Waals surface area (Å²) in [5.74, 6) is -2.16. The molecule has 0 radical (unpaired) electrons. The van der Waals surface area contributed by atoms with Crippen molar-refractivity contribution in [2.24, 2.45) is 16.7 Å². The van der Waals surface area contributed by atoms with Crippen molar-refractivity contribution in [3.8, 4) is 0 Å². The third kappa shape index (κ3) is 2.22. The van der Waals surface area contributed by atoms with E-state index in [0.717, 1.165) is 35.4 Å². The van der Waals surface area contributed by atoms with E-state index in [1.54, 1.807) is 0 Å². The summed E-state index contributed by atoms with van der Waals surface area (Å²) >= 11 is 0. The van der Waals surface area contributed by atoms with Gasteiger partial charge in [-0.05, 0) is 54.4 Å². The minimum atomic E-state index is -3.68. The molecule has 1 spiro atoms. The lowest BCUT2D eigenvalue weighted by Gasteiger charge is -2.36. The van der Waals surface area contributed by atoms with Gasteiger partial charge in [0.15, 0.2) is 11.6 Å². The highest BCUT2D eigenvalue weighted by molar-refractivity contribution is 7.90. The molecule has 2 bridgehead atoms. The molecule has 1 saturated heterocycles. The zero-order chi connectivity index (χ0) is 18.9. The van der Waals surface area contributed by atoms with Crippen molar-refractivity contribution in [3.05, 3.63) is 41.5 Å². The minimum Gasteiger partial charge on any atom is -0.269 e. The highest BCUT2D eigenvalue weighted by atomic mass is 32.2. The fourth-order valence-corrected chi connectivity index (χ4v) is 7.95. The lowest BCUT2D eigenvalue weighted by Crippen LogP contribution is -2.43. The van der Waals surface area contributed by atoms with E-state index in [4.69, 9.17) is 0 Å². The van der Waals surface area contributed by atoms with Crippen LogP contribution in [0.1, 0.15) is 38.7 Å². The molecule has 2 unspecified atom stereocenters. The molecule has 4 rings (SSSR count). The molecule has 3 fully saturated rings. The lowest BCUT2D eigenvalue weighted by molar-refractivity contribution is -0.123. The van der Waals surface area contributed by atoms with E-state index in [1.165, 1.54) is 12.1 Å². The van der Waals surface area contributed by atoms with E-state index >= 15 is 0 Å². The largest absolute Gasteiger partial charge is 0.269 e. The number of fused-ring (bicyclic) bond motifs is 1. The van der Waals surface area contributed by atoms with Crippen molar-refractivity contribution < 1.29 is 22.0 Å². The SMILES string of the molecule is CC1(C)C2CC[C@]13CS(=O)(=O)N(C(=O)/C=C/c1ccc(F)c(F)c1)C3C2. The highest BCUT2D eigenvalue weighted by Gasteiger charge is 2.72. The van der Waals surface area contributed by atoms with Crippen LogP contribution < -0.4 is 0 Å². The number of benzene rings is 1. The Morgan fingerprint density at radius 1 is 1.27 bits per heavy atom. The maximum atomic E-state index is 13.3. The van der Waals surface area contributed by atoms with Crippen molar-refractivity contribution in [3.63, 3.8) is 0 Å². The Bertz CT molecular complexity index is 925. The standard InChI is InChI=1S/C19H21F2NO3S/c1-18(2)13-7-8-19(18)11-26(24,25)22(16(19)10-13)17(23)6-4-12-3-5-14(20)15(21)9-12/h3-6,9,13,16H,7-8,10-11H2,1-2H3/b6-4+/t13?,16?,19-/m1/s1. The Morgan fingerprint density at radius 2 is 2.00 bits per heavy atom. The van der Waals surface area contributed by atoms with Crippen molar-refractivity contribution in [1.82, 2.24) is 4.31 Å². The zero-order valence-corrected chi connectivity index (χ0v) is 15.5. The molecule has 1 aromatic carbocycles. The first-order valence-electron chi connectivity index (χ1n) is 8.78. The van der Waals surface area contributed by atoms with Crippen LogP contribution in [0.25, 0.3) is 6.08 Å². The Balaban J connectivity index is 1.64. The Morgan fingerprint density at radius 3 is 2.65 bits per heavy atom. The van der Waals surface area contributed by atoms with Crippen LogP contribution in [0.2, 0.25) is 0 Å². The van der Waals surface area contributed by atoms with Gasteiger partial charge in [0.2, 0.25) is 10.0 Å². The van der Waals surface area contributed by atoms with Crippen molar-refractivity contribution in [1.29, 1.82) is 0 Å². The van der Waals surface area contributed by atoms with Gasteiger partial charge in [0.25, 0.3) is 5.91 Å². The summed E-state index contributed by atoms with van der Waals surface area (Å²) in [6.45, 7) is 4.23. The van der Waals surface area contributed by atoms with Gasteiger partial charge in [-0.3, -0.25) is 4.79 Å². The van der Waals surface area contributed by atoms with Gasteiger partial charge in [-0.15, -0.1) is 0 Å². The number of amides is 1. The summed E-state index contributed by atoms with van der Waals surface area (Å²) in [7, 11) is -3.68. The van der Waals surface area contributed by atoms with Crippen LogP contribution in [-0.2, 0) is 14.8 Å². The van der Waals surface area contributed by atoms with E-state index in [2.05, 4.69) is 13.8 Å². The van der Waals surface area contributed by atoms with Gasteiger partial charge in [-0.1, -0.05) is 19.9 Å².